The van der Waals surface area contributed by atoms with Crippen molar-refractivity contribution in [2.75, 3.05) is 0 Å². The molecule has 1 aromatic carbocycles. The first-order valence-electron chi connectivity index (χ1n) is 4.99. The maximum Gasteiger partial charge on any atom is 0.0795 e. The molecular weight excluding hydrogens is 160 g/mol. The predicted octanol–water partition coefficient (Wildman–Crippen LogP) is 2.79. The molecule has 0 aromatic heterocycles. The second kappa shape index (κ2) is 3.15. The van der Waals surface area contributed by atoms with Gasteiger partial charge in [-0.15, -0.1) is 0 Å². The van der Waals surface area contributed by atoms with Crippen LogP contribution < -0.4 is 0 Å². The topological polar surface area (TPSA) is 20.2 Å². The van der Waals surface area contributed by atoms with Crippen molar-refractivity contribution < 1.29 is 5.11 Å². The third kappa shape index (κ3) is 1.49. The molecule has 0 fully saturated rings. The molecule has 1 unspecified atom stereocenters. The molecule has 0 heterocycles. The number of benzene rings is 1. The lowest BCUT2D eigenvalue weighted by molar-refractivity contribution is 0.180. The smallest absolute Gasteiger partial charge is 0.0795 e. The minimum absolute atomic E-state index is 0.212. The Labute approximate surface area is 79.4 Å². The first-order chi connectivity index (χ1) is 6.18. The summed E-state index contributed by atoms with van der Waals surface area (Å²) in [6.45, 7) is 4.40. The van der Waals surface area contributed by atoms with Gasteiger partial charge in [0.15, 0.2) is 0 Å². The second-order valence-electron chi connectivity index (χ2n) is 4.17. The number of hydrogen-bond donors (Lipinski definition) is 1. The average Bonchev–Trinajstić information content (AvgIpc) is 2.47. The van der Waals surface area contributed by atoms with E-state index in [1.165, 1.54) is 11.1 Å². The number of aliphatic hydroxyl groups is 1. The molecule has 2 rings (SSSR count). The van der Waals surface area contributed by atoms with E-state index < -0.39 is 0 Å². The summed E-state index contributed by atoms with van der Waals surface area (Å²) < 4.78 is 0. The number of aliphatic hydroxyl groups excluding tert-OH is 1. The predicted molar refractivity (Wildman–Crippen MR) is 53.8 cm³/mol. The van der Waals surface area contributed by atoms with Crippen LogP contribution in [0.15, 0.2) is 18.2 Å². The third-order valence-corrected chi connectivity index (χ3v) is 2.88. The van der Waals surface area contributed by atoms with Crippen LogP contribution in [0.1, 0.15) is 49.0 Å². The van der Waals surface area contributed by atoms with Gasteiger partial charge >= 0.3 is 0 Å². The lowest BCUT2D eigenvalue weighted by Gasteiger charge is -2.08. The number of rotatable bonds is 1. The second-order valence-corrected chi connectivity index (χ2v) is 4.17. The SMILES string of the molecule is CC(C)c1ccc2c(c1)CCC2O. The fourth-order valence-corrected chi connectivity index (χ4v) is 1.97. The highest BCUT2D eigenvalue weighted by Gasteiger charge is 2.20. The normalized spacial score (nSPS) is 20.8. The molecule has 0 saturated heterocycles. The molecule has 1 aliphatic carbocycles. The summed E-state index contributed by atoms with van der Waals surface area (Å²) in [7, 11) is 0. The Bertz CT molecular complexity index is 315. The van der Waals surface area contributed by atoms with Crippen LogP contribution in [0.25, 0.3) is 0 Å². The highest BCUT2D eigenvalue weighted by Crippen LogP contribution is 2.32. The minimum atomic E-state index is -0.212. The Morgan fingerprint density at radius 2 is 2.15 bits per heavy atom. The maximum absolute atomic E-state index is 9.61. The molecule has 0 spiro atoms. The van der Waals surface area contributed by atoms with Crippen LogP contribution in [0, 0.1) is 0 Å². The van der Waals surface area contributed by atoms with E-state index in [1.54, 1.807) is 0 Å². The summed E-state index contributed by atoms with van der Waals surface area (Å²) in [5.74, 6) is 0.586. The number of aryl methyl sites for hydroxylation is 1. The zero-order chi connectivity index (χ0) is 9.42. The molecule has 1 aromatic rings. The summed E-state index contributed by atoms with van der Waals surface area (Å²) in [6, 6.07) is 6.47. The monoisotopic (exact) mass is 176 g/mol. The van der Waals surface area contributed by atoms with Crippen LogP contribution in [0.5, 0.6) is 0 Å². The molecule has 1 atom stereocenters. The fourth-order valence-electron chi connectivity index (χ4n) is 1.97. The van der Waals surface area contributed by atoms with Crippen LogP contribution in [0.3, 0.4) is 0 Å². The van der Waals surface area contributed by atoms with Crippen molar-refractivity contribution in [2.24, 2.45) is 0 Å². The van der Waals surface area contributed by atoms with Gasteiger partial charge < -0.3 is 5.11 Å². The van der Waals surface area contributed by atoms with Crippen molar-refractivity contribution in [3.8, 4) is 0 Å². The van der Waals surface area contributed by atoms with Crippen LogP contribution in [0.2, 0.25) is 0 Å². The van der Waals surface area contributed by atoms with Gasteiger partial charge in [-0.25, -0.2) is 0 Å². The largest absolute Gasteiger partial charge is 0.388 e. The van der Waals surface area contributed by atoms with E-state index in [1.807, 2.05) is 0 Å². The Hall–Kier alpha value is -0.820. The van der Waals surface area contributed by atoms with Gasteiger partial charge in [0, 0.05) is 0 Å². The molecule has 0 bridgehead atoms. The summed E-state index contributed by atoms with van der Waals surface area (Å²) in [4.78, 5) is 0. The van der Waals surface area contributed by atoms with Crippen LogP contribution in [-0.4, -0.2) is 5.11 Å². The van der Waals surface area contributed by atoms with E-state index in [9.17, 15) is 5.11 Å². The Morgan fingerprint density at radius 3 is 2.85 bits per heavy atom. The summed E-state index contributed by atoms with van der Waals surface area (Å²) in [5, 5.41) is 9.61. The van der Waals surface area contributed by atoms with E-state index in [-0.39, 0.29) is 6.10 Å². The van der Waals surface area contributed by atoms with E-state index in [0.717, 1.165) is 18.4 Å². The Morgan fingerprint density at radius 1 is 1.38 bits per heavy atom. The molecule has 0 saturated carbocycles. The van der Waals surface area contributed by atoms with Crippen LogP contribution in [0.4, 0.5) is 0 Å². The average molecular weight is 176 g/mol. The molecule has 1 aliphatic rings. The van der Waals surface area contributed by atoms with Gasteiger partial charge in [0.25, 0.3) is 0 Å². The van der Waals surface area contributed by atoms with E-state index in [0.29, 0.717) is 5.92 Å². The molecule has 1 heteroatoms. The van der Waals surface area contributed by atoms with Crippen molar-refractivity contribution in [3.63, 3.8) is 0 Å². The first-order valence-corrected chi connectivity index (χ1v) is 4.99. The van der Waals surface area contributed by atoms with E-state index in [4.69, 9.17) is 0 Å². The van der Waals surface area contributed by atoms with Gasteiger partial charge in [0.05, 0.1) is 6.10 Å². The lowest BCUT2D eigenvalue weighted by Crippen LogP contribution is -1.93. The van der Waals surface area contributed by atoms with Gasteiger partial charge in [-0.3, -0.25) is 0 Å². The number of hydrogen-bond acceptors (Lipinski definition) is 1. The fraction of sp³-hybridized carbons (Fsp3) is 0.500. The molecule has 0 amide bonds. The molecule has 1 N–H and O–H groups in total. The molecule has 13 heavy (non-hydrogen) atoms. The minimum Gasteiger partial charge on any atom is -0.388 e. The van der Waals surface area contributed by atoms with Crippen molar-refractivity contribution >= 4 is 0 Å². The third-order valence-electron chi connectivity index (χ3n) is 2.88. The van der Waals surface area contributed by atoms with Crippen molar-refractivity contribution in [1.82, 2.24) is 0 Å². The van der Waals surface area contributed by atoms with Gasteiger partial charge in [0.1, 0.15) is 0 Å². The molecule has 0 aliphatic heterocycles. The molecule has 0 radical (unpaired) electrons. The quantitative estimate of drug-likeness (QED) is 0.697. The van der Waals surface area contributed by atoms with Crippen molar-refractivity contribution in [3.05, 3.63) is 34.9 Å². The Kier molecular flexibility index (Phi) is 2.12. The Balaban J connectivity index is 2.40. The van der Waals surface area contributed by atoms with Gasteiger partial charge in [0.2, 0.25) is 0 Å². The van der Waals surface area contributed by atoms with E-state index in [2.05, 4.69) is 32.0 Å². The summed E-state index contributed by atoms with van der Waals surface area (Å²) in [5.41, 5.74) is 3.87. The maximum atomic E-state index is 9.61. The highest BCUT2D eigenvalue weighted by atomic mass is 16.3. The summed E-state index contributed by atoms with van der Waals surface area (Å²) >= 11 is 0. The zero-order valence-electron chi connectivity index (χ0n) is 8.25. The number of fused-ring (bicyclic) bond motifs is 1. The molecule has 70 valence electrons. The molecular formula is C12H16O. The zero-order valence-corrected chi connectivity index (χ0v) is 8.25. The van der Waals surface area contributed by atoms with Crippen molar-refractivity contribution in [1.29, 1.82) is 0 Å². The van der Waals surface area contributed by atoms with Crippen LogP contribution >= 0.6 is 0 Å². The standard InChI is InChI=1S/C12H16O/c1-8(2)9-3-5-11-10(7-9)4-6-12(11)13/h3,5,7-8,12-13H,4,6H2,1-2H3. The first kappa shape index (κ1) is 8.76. The van der Waals surface area contributed by atoms with Crippen LogP contribution in [-0.2, 0) is 6.42 Å². The van der Waals surface area contributed by atoms with E-state index >= 15 is 0 Å². The van der Waals surface area contributed by atoms with Gasteiger partial charge in [-0.2, -0.15) is 0 Å². The van der Waals surface area contributed by atoms with Crippen molar-refractivity contribution in [2.45, 2.75) is 38.7 Å². The lowest BCUT2D eigenvalue weighted by atomic mass is 9.98. The van der Waals surface area contributed by atoms with Gasteiger partial charge in [-0.1, -0.05) is 32.0 Å². The van der Waals surface area contributed by atoms with Gasteiger partial charge in [-0.05, 0) is 35.4 Å². The highest BCUT2D eigenvalue weighted by molar-refractivity contribution is 5.37. The summed E-state index contributed by atoms with van der Waals surface area (Å²) in [6.07, 6.45) is 1.73. The molecule has 1 nitrogen and oxygen atoms in total.